The van der Waals surface area contributed by atoms with E-state index in [1.165, 1.54) is 0 Å². The van der Waals surface area contributed by atoms with Crippen molar-refractivity contribution in [1.82, 2.24) is 4.98 Å². The summed E-state index contributed by atoms with van der Waals surface area (Å²) in [6.45, 7) is 0. The van der Waals surface area contributed by atoms with Crippen LogP contribution in [0, 0.1) is 17.8 Å². The van der Waals surface area contributed by atoms with Gasteiger partial charge < -0.3 is 5.32 Å². The molecule has 2 fully saturated rings. The van der Waals surface area contributed by atoms with Gasteiger partial charge in [-0.1, -0.05) is 6.42 Å². The summed E-state index contributed by atoms with van der Waals surface area (Å²) in [7, 11) is 0. The highest BCUT2D eigenvalue weighted by atomic mass is 16.2. The van der Waals surface area contributed by atoms with Crippen molar-refractivity contribution in [3.05, 3.63) is 24.5 Å². The maximum atomic E-state index is 12.3. The minimum absolute atomic E-state index is 0.0202. The van der Waals surface area contributed by atoms with Crippen LogP contribution in [0.1, 0.15) is 32.1 Å². The summed E-state index contributed by atoms with van der Waals surface area (Å²) in [5.41, 5.74) is 0.731. The molecule has 1 aromatic heterocycles. The van der Waals surface area contributed by atoms with Crippen LogP contribution in [0.25, 0.3) is 0 Å². The Morgan fingerprint density at radius 1 is 1.26 bits per heavy atom. The Morgan fingerprint density at radius 3 is 2.63 bits per heavy atom. The van der Waals surface area contributed by atoms with Crippen molar-refractivity contribution in [2.45, 2.75) is 32.1 Å². The van der Waals surface area contributed by atoms with Gasteiger partial charge in [0, 0.05) is 24.0 Å². The molecule has 1 N–H and O–H groups in total. The van der Waals surface area contributed by atoms with Crippen LogP contribution in [0.3, 0.4) is 0 Å². The number of rotatable bonds is 2. The molecular weight excluding hydrogens is 240 g/mol. The number of nitrogens with zero attached hydrogens (tertiary/aromatic N) is 1. The number of carbonyl (C=O) groups excluding carboxylic acids is 2. The number of pyridine rings is 1. The van der Waals surface area contributed by atoms with Gasteiger partial charge in [-0.15, -0.1) is 0 Å². The zero-order valence-electron chi connectivity index (χ0n) is 10.8. The summed E-state index contributed by atoms with van der Waals surface area (Å²) in [5, 5.41) is 2.90. The van der Waals surface area contributed by atoms with Gasteiger partial charge in [0.25, 0.3) is 0 Å². The van der Waals surface area contributed by atoms with Crippen molar-refractivity contribution in [2.75, 3.05) is 5.32 Å². The maximum absolute atomic E-state index is 12.3. The first-order valence-electron chi connectivity index (χ1n) is 6.98. The fourth-order valence-corrected chi connectivity index (χ4v) is 3.37. The molecule has 2 saturated carbocycles. The quantitative estimate of drug-likeness (QED) is 0.886. The van der Waals surface area contributed by atoms with Crippen molar-refractivity contribution in [3.63, 3.8) is 0 Å². The molecule has 2 atom stereocenters. The summed E-state index contributed by atoms with van der Waals surface area (Å²) in [5.74, 6) is 0.664. The molecule has 0 spiro atoms. The highest BCUT2D eigenvalue weighted by Crippen LogP contribution is 2.40. The number of carbonyl (C=O) groups is 2. The van der Waals surface area contributed by atoms with Gasteiger partial charge in [-0.3, -0.25) is 14.6 Å². The lowest BCUT2D eigenvalue weighted by atomic mass is 9.67. The lowest BCUT2D eigenvalue weighted by molar-refractivity contribution is -0.136. The van der Waals surface area contributed by atoms with Crippen LogP contribution in [-0.2, 0) is 9.59 Å². The Kier molecular flexibility index (Phi) is 3.32. The fraction of sp³-hybridized carbons (Fsp3) is 0.533. The van der Waals surface area contributed by atoms with Crippen molar-refractivity contribution in [2.24, 2.45) is 17.8 Å². The number of hydrogen-bond donors (Lipinski definition) is 1. The van der Waals surface area contributed by atoms with Crippen LogP contribution in [0.15, 0.2) is 24.5 Å². The van der Waals surface area contributed by atoms with Crippen LogP contribution >= 0.6 is 0 Å². The number of aromatic nitrogens is 1. The molecule has 1 heterocycles. The highest BCUT2D eigenvalue weighted by Gasteiger charge is 2.41. The number of nitrogens with one attached hydrogen (secondary N) is 1. The molecule has 19 heavy (non-hydrogen) atoms. The number of ketones is 1. The number of hydrogen-bond acceptors (Lipinski definition) is 3. The Bertz CT molecular complexity index is 470. The van der Waals surface area contributed by atoms with Crippen LogP contribution in [0.2, 0.25) is 0 Å². The summed E-state index contributed by atoms with van der Waals surface area (Å²) in [6.07, 6.45) is 7.84. The van der Waals surface area contributed by atoms with E-state index in [-0.39, 0.29) is 23.7 Å². The van der Waals surface area contributed by atoms with Gasteiger partial charge in [0.1, 0.15) is 5.78 Å². The minimum atomic E-state index is -0.0202. The van der Waals surface area contributed by atoms with E-state index < -0.39 is 0 Å². The monoisotopic (exact) mass is 258 g/mol. The molecule has 100 valence electrons. The topological polar surface area (TPSA) is 59.1 Å². The van der Waals surface area contributed by atoms with Gasteiger partial charge in [0.15, 0.2) is 0 Å². The SMILES string of the molecule is O=C(Nc1cccnc1)C1CC2CCCC(C1)C2=O. The molecule has 3 rings (SSSR count). The second kappa shape index (κ2) is 5.11. The first-order chi connectivity index (χ1) is 9.24. The number of Topliss-reactive ketones (excluding diaryl/α,β-unsaturated/α-hetero) is 1. The van der Waals surface area contributed by atoms with E-state index in [0.717, 1.165) is 37.8 Å². The summed E-state index contributed by atoms with van der Waals surface area (Å²) < 4.78 is 0. The van der Waals surface area contributed by atoms with E-state index in [1.54, 1.807) is 18.5 Å². The van der Waals surface area contributed by atoms with Crippen LogP contribution in [0.5, 0.6) is 0 Å². The molecule has 4 heteroatoms. The lowest BCUT2D eigenvalue weighted by Crippen LogP contribution is -2.40. The minimum Gasteiger partial charge on any atom is -0.324 e. The van der Waals surface area contributed by atoms with Gasteiger partial charge >= 0.3 is 0 Å². The van der Waals surface area contributed by atoms with Gasteiger partial charge in [0.05, 0.1) is 11.9 Å². The molecular formula is C15H18N2O2. The average molecular weight is 258 g/mol. The summed E-state index contributed by atoms with van der Waals surface area (Å²) >= 11 is 0. The van der Waals surface area contributed by atoms with Crippen LogP contribution in [0.4, 0.5) is 5.69 Å². The van der Waals surface area contributed by atoms with Gasteiger partial charge in [0.2, 0.25) is 5.91 Å². The zero-order valence-corrected chi connectivity index (χ0v) is 10.8. The molecule has 0 aromatic carbocycles. The van der Waals surface area contributed by atoms with E-state index in [1.807, 2.05) is 6.07 Å². The molecule has 2 aliphatic carbocycles. The first-order valence-corrected chi connectivity index (χ1v) is 6.98. The Balaban J connectivity index is 1.66. The normalized spacial score (nSPS) is 29.9. The van der Waals surface area contributed by atoms with Crippen molar-refractivity contribution >= 4 is 17.4 Å². The number of anilines is 1. The molecule has 4 nitrogen and oxygen atoms in total. The van der Waals surface area contributed by atoms with E-state index in [0.29, 0.717) is 5.78 Å². The number of amides is 1. The van der Waals surface area contributed by atoms with Crippen LogP contribution in [-0.4, -0.2) is 16.7 Å². The van der Waals surface area contributed by atoms with E-state index in [4.69, 9.17) is 0 Å². The van der Waals surface area contributed by atoms with E-state index in [9.17, 15) is 9.59 Å². The lowest BCUT2D eigenvalue weighted by Gasteiger charge is -2.36. The number of fused-ring (bicyclic) bond motifs is 2. The van der Waals surface area contributed by atoms with Crippen molar-refractivity contribution in [3.8, 4) is 0 Å². The summed E-state index contributed by atoms with van der Waals surface area (Å²) in [4.78, 5) is 28.2. The molecule has 0 saturated heterocycles. The first kappa shape index (κ1) is 12.3. The summed E-state index contributed by atoms with van der Waals surface area (Å²) in [6, 6.07) is 3.63. The van der Waals surface area contributed by atoms with E-state index >= 15 is 0 Å². The van der Waals surface area contributed by atoms with Crippen molar-refractivity contribution in [1.29, 1.82) is 0 Å². The Labute approximate surface area is 112 Å². The second-order valence-corrected chi connectivity index (χ2v) is 5.63. The van der Waals surface area contributed by atoms with Gasteiger partial charge in [-0.25, -0.2) is 0 Å². The molecule has 0 aliphatic heterocycles. The maximum Gasteiger partial charge on any atom is 0.227 e. The average Bonchev–Trinajstić information content (AvgIpc) is 2.39. The Morgan fingerprint density at radius 2 is 2.00 bits per heavy atom. The fourth-order valence-electron chi connectivity index (χ4n) is 3.37. The predicted octanol–water partition coefficient (Wildman–Crippen LogP) is 2.42. The molecule has 1 amide bonds. The Hall–Kier alpha value is -1.71. The molecule has 2 bridgehead atoms. The molecule has 2 unspecified atom stereocenters. The third kappa shape index (κ3) is 2.53. The van der Waals surface area contributed by atoms with Crippen molar-refractivity contribution < 1.29 is 9.59 Å². The van der Waals surface area contributed by atoms with Gasteiger partial charge in [-0.05, 0) is 37.8 Å². The second-order valence-electron chi connectivity index (χ2n) is 5.63. The molecule has 0 radical (unpaired) electrons. The standard InChI is InChI=1S/C15H18N2O2/c18-14-10-3-1-4-11(14)8-12(7-10)15(19)17-13-5-2-6-16-9-13/h2,5-6,9-12H,1,3-4,7-8H2,(H,17,19). The third-order valence-corrected chi connectivity index (χ3v) is 4.35. The molecule has 2 aliphatic rings. The highest BCUT2D eigenvalue weighted by molar-refractivity contribution is 5.95. The largest absolute Gasteiger partial charge is 0.324 e. The predicted molar refractivity (Wildman–Crippen MR) is 71.4 cm³/mol. The van der Waals surface area contributed by atoms with Gasteiger partial charge in [-0.2, -0.15) is 0 Å². The van der Waals surface area contributed by atoms with E-state index in [2.05, 4.69) is 10.3 Å². The molecule has 1 aromatic rings. The third-order valence-electron chi connectivity index (χ3n) is 4.35. The smallest absolute Gasteiger partial charge is 0.227 e. The zero-order chi connectivity index (χ0) is 13.2. The van der Waals surface area contributed by atoms with Crippen LogP contribution < -0.4 is 5.32 Å².